The molecule has 1 unspecified atom stereocenters. The quantitative estimate of drug-likeness (QED) is 0.866. The second kappa shape index (κ2) is 8.15. The average Bonchev–Trinajstić information content (AvgIpc) is 2.46. The van der Waals surface area contributed by atoms with E-state index in [0.29, 0.717) is 6.04 Å². The van der Waals surface area contributed by atoms with Crippen LogP contribution in [0.1, 0.15) is 24.9 Å². The highest BCUT2D eigenvalue weighted by atomic mass is 35.5. The lowest BCUT2D eigenvalue weighted by Gasteiger charge is -2.27. The zero-order chi connectivity index (χ0) is 13.5. The number of nitrogens with zero attached hydrogens (tertiary/aromatic N) is 1. The fourth-order valence-electron chi connectivity index (χ4n) is 2.41. The molecule has 1 N–H and O–H groups in total. The molecule has 2 rings (SSSR count). The van der Waals surface area contributed by atoms with E-state index >= 15 is 0 Å². The van der Waals surface area contributed by atoms with Crippen molar-refractivity contribution in [2.24, 2.45) is 0 Å². The van der Waals surface area contributed by atoms with Crippen molar-refractivity contribution in [3.8, 4) is 0 Å². The minimum atomic E-state index is 0.441. The standard InChI is InChI=1S/C15H23ClN2S/c1-2-15(13-3-5-14(16)6-4-13)17-7-8-18-9-11-19-12-10-18/h3-6,15,17H,2,7-12H2,1H3. The van der Waals surface area contributed by atoms with Gasteiger partial charge in [0.25, 0.3) is 0 Å². The van der Waals surface area contributed by atoms with Gasteiger partial charge in [-0.3, -0.25) is 0 Å². The van der Waals surface area contributed by atoms with Crippen molar-refractivity contribution in [1.82, 2.24) is 10.2 Å². The number of benzene rings is 1. The van der Waals surface area contributed by atoms with Crippen LogP contribution in [-0.4, -0.2) is 42.6 Å². The van der Waals surface area contributed by atoms with Crippen molar-refractivity contribution in [3.05, 3.63) is 34.9 Å². The first-order chi connectivity index (χ1) is 9.29. The molecule has 1 fully saturated rings. The van der Waals surface area contributed by atoms with Crippen molar-refractivity contribution in [3.63, 3.8) is 0 Å². The van der Waals surface area contributed by atoms with Gasteiger partial charge in [-0.2, -0.15) is 11.8 Å². The highest BCUT2D eigenvalue weighted by Gasteiger charge is 2.12. The molecule has 4 heteroatoms. The predicted molar refractivity (Wildman–Crippen MR) is 86.3 cm³/mol. The minimum Gasteiger partial charge on any atom is -0.309 e. The SMILES string of the molecule is CCC(NCCN1CCSCC1)c1ccc(Cl)cc1. The van der Waals surface area contributed by atoms with Gasteiger partial charge >= 0.3 is 0 Å². The molecule has 1 heterocycles. The molecule has 0 saturated carbocycles. The second-order valence-corrected chi connectivity index (χ2v) is 6.58. The maximum Gasteiger partial charge on any atom is 0.0406 e. The molecule has 1 saturated heterocycles. The lowest BCUT2D eigenvalue weighted by molar-refractivity contribution is 0.294. The van der Waals surface area contributed by atoms with Gasteiger partial charge in [0, 0.05) is 48.7 Å². The summed E-state index contributed by atoms with van der Waals surface area (Å²) in [6.07, 6.45) is 1.11. The molecule has 19 heavy (non-hydrogen) atoms. The van der Waals surface area contributed by atoms with E-state index in [4.69, 9.17) is 11.6 Å². The third-order valence-corrected chi connectivity index (χ3v) is 4.80. The number of nitrogens with one attached hydrogen (secondary N) is 1. The predicted octanol–water partition coefficient (Wildman–Crippen LogP) is 3.43. The summed E-state index contributed by atoms with van der Waals surface area (Å²) in [5, 5.41) is 4.47. The first-order valence-electron chi connectivity index (χ1n) is 7.08. The van der Waals surface area contributed by atoms with E-state index in [1.165, 1.54) is 30.2 Å². The van der Waals surface area contributed by atoms with Crippen LogP contribution in [0.3, 0.4) is 0 Å². The Hall–Kier alpha value is -0.220. The molecule has 0 spiro atoms. The molecule has 0 radical (unpaired) electrons. The van der Waals surface area contributed by atoms with Crippen molar-refractivity contribution in [2.75, 3.05) is 37.7 Å². The van der Waals surface area contributed by atoms with Gasteiger partial charge in [-0.25, -0.2) is 0 Å². The highest BCUT2D eigenvalue weighted by Crippen LogP contribution is 2.19. The molecule has 1 aromatic carbocycles. The third-order valence-electron chi connectivity index (χ3n) is 3.60. The lowest BCUT2D eigenvalue weighted by atomic mass is 10.0. The summed E-state index contributed by atoms with van der Waals surface area (Å²) in [5.74, 6) is 2.57. The fourth-order valence-corrected chi connectivity index (χ4v) is 3.52. The maximum atomic E-state index is 5.94. The highest BCUT2D eigenvalue weighted by molar-refractivity contribution is 7.99. The van der Waals surface area contributed by atoms with Crippen LogP contribution in [0.5, 0.6) is 0 Å². The lowest BCUT2D eigenvalue weighted by Crippen LogP contribution is -2.38. The molecule has 1 aliphatic rings. The fraction of sp³-hybridized carbons (Fsp3) is 0.600. The van der Waals surface area contributed by atoms with Gasteiger partial charge < -0.3 is 10.2 Å². The molecular formula is C15H23ClN2S. The first kappa shape index (κ1) is 15.2. The van der Waals surface area contributed by atoms with E-state index in [0.717, 1.165) is 24.5 Å². The number of hydrogen-bond acceptors (Lipinski definition) is 3. The van der Waals surface area contributed by atoms with Crippen LogP contribution in [0.4, 0.5) is 0 Å². The van der Waals surface area contributed by atoms with Crippen molar-refractivity contribution < 1.29 is 0 Å². The summed E-state index contributed by atoms with van der Waals surface area (Å²) in [4.78, 5) is 2.55. The largest absolute Gasteiger partial charge is 0.309 e. The molecule has 1 aromatic rings. The minimum absolute atomic E-state index is 0.441. The summed E-state index contributed by atoms with van der Waals surface area (Å²) in [6, 6.07) is 8.64. The maximum absolute atomic E-state index is 5.94. The summed E-state index contributed by atoms with van der Waals surface area (Å²) in [6.45, 7) is 6.93. The van der Waals surface area contributed by atoms with Crippen LogP contribution in [-0.2, 0) is 0 Å². The molecule has 1 aliphatic heterocycles. The Labute approximate surface area is 125 Å². The Bertz CT molecular complexity index is 363. The van der Waals surface area contributed by atoms with Crippen molar-refractivity contribution in [2.45, 2.75) is 19.4 Å². The van der Waals surface area contributed by atoms with Crippen LogP contribution in [0.25, 0.3) is 0 Å². The first-order valence-corrected chi connectivity index (χ1v) is 8.62. The second-order valence-electron chi connectivity index (χ2n) is 4.92. The molecule has 2 nitrogen and oxygen atoms in total. The van der Waals surface area contributed by atoms with Gasteiger partial charge in [0.1, 0.15) is 0 Å². The molecule has 1 atom stereocenters. The Kier molecular flexibility index (Phi) is 6.51. The van der Waals surface area contributed by atoms with Crippen molar-refractivity contribution >= 4 is 23.4 Å². The van der Waals surface area contributed by atoms with Crippen LogP contribution >= 0.6 is 23.4 Å². The summed E-state index contributed by atoms with van der Waals surface area (Å²) >= 11 is 8.00. The normalized spacial score (nSPS) is 18.4. The van der Waals surface area contributed by atoms with E-state index in [1.54, 1.807) is 0 Å². The van der Waals surface area contributed by atoms with E-state index in [2.05, 4.69) is 41.0 Å². The molecule has 0 aromatic heterocycles. The van der Waals surface area contributed by atoms with Gasteiger partial charge in [-0.1, -0.05) is 30.7 Å². The van der Waals surface area contributed by atoms with E-state index in [-0.39, 0.29) is 0 Å². The number of rotatable bonds is 6. The van der Waals surface area contributed by atoms with Crippen molar-refractivity contribution in [1.29, 1.82) is 0 Å². The van der Waals surface area contributed by atoms with Gasteiger partial charge in [0.15, 0.2) is 0 Å². The number of thioether (sulfide) groups is 1. The van der Waals surface area contributed by atoms with E-state index in [9.17, 15) is 0 Å². The van der Waals surface area contributed by atoms with Gasteiger partial charge in [0.05, 0.1) is 0 Å². The topological polar surface area (TPSA) is 15.3 Å². The molecule has 0 amide bonds. The zero-order valence-electron chi connectivity index (χ0n) is 11.6. The molecule has 0 bridgehead atoms. The Morgan fingerprint density at radius 2 is 1.95 bits per heavy atom. The van der Waals surface area contributed by atoms with E-state index < -0.39 is 0 Å². The van der Waals surface area contributed by atoms with Crippen LogP contribution in [0.2, 0.25) is 5.02 Å². The van der Waals surface area contributed by atoms with Gasteiger partial charge in [-0.15, -0.1) is 0 Å². The third kappa shape index (κ3) is 4.99. The summed E-state index contributed by atoms with van der Waals surface area (Å²) in [5.41, 5.74) is 1.33. The Morgan fingerprint density at radius 3 is 2.58 bits per heavy atom. The van der Waals surface area contributed by atoms with E-state index in [1.807, 2.05) is 12.1 Å². The van der Waals surface area contributed by atoms with Crippen LogP contribution in [0, 0.1) is 0 Å². The zero-order valence-corrected chi connectivity index (χ0v) is 13.1. The summed E-state index contributed by atoms with van der Waals surface area (Å²) < 4.78 is 0. The van der Waals surface area contributed by atoms with Gasteiger partial charge in [0.2, 0.25) is 0 Å². The Balaban J connectivity index is 1.77. The van der Waals surface area contributed by atoms with Crippen LogP contribution in [0.15, 0.2) is 24.3 Å². The van der Waals surface area contributed by atoms with Crippen LogP contribution < -0.4 is 5.32 Å². The smallest absolute Gasteiger partial charge is 0.0406 e. The molecule has 106 valence electrons. The summed E-state index contributed by atoms with van der Waals surface area (Å²) in [7, 11) is 0. The molecule has 0 aliphatic carbocycles. The number of hydrogen-bond donors (Lipinski definition) is 1. The average molecular weight is 299 g/mol. The molecular weight excluding hydrogens is 276 g/mol. The van der Waals surface area contributed by atoms with Gasteiger partial charge in [-0.05, 0) is 24.1 Å². The monoisotopic (exact) mass is 298 g/mol. The number of halogens is 1. The Morgan fingerprint density at radius 1 is 1.26 bits per heavy atom.